The molecule has 8 nitrogen and oxygen atoms in total. The third kappa shape index (κ3) is 5.40. The first kappa shape index (κ1) is 21.4. The van der Waals surface area contributed by atoms with Gasteiger partial charge in [0.15, 0.2) is 0 Å². The van der Waals surface area contributed by atoms with Gasteiger partial charge >= 0.3 is 0 Å². The van der Waals surface area contributed by atoms with Crippen LogP contribution in [0.15, 0.2) is 42.5 Å². The summed E-state index contributed by atoms with van der Waals surface area (Å²) in [5.41, 5.74) is 2.18. The summed E-state index contributed by atoms with van der Waals surface area (Å²) in [7, 11) is 1.45. The maximum Gasteiger partial charge on any atom is 0.271 e. The van der Waals surface area contributed by atoms with Crippen LogP contribution in [0.4, 0.5) is 22.7 Å². The van der Waals surface area contributed by atoms with Gasteiger partial charge in [0.05, 0.1) is 17.7 Å². The number of carbonyl (C=O) groups excluding carboxylic acids is 1. The maximum atomic E-state index is 12.6. The number of ether oxygens (including phenoxy) is 1. The minimum absolute atomic E-state index is 0.115. The fraction of sp³-hybridized carbons (Fsp3) is 0.409. The van der Waals surface area contributed by atoms with E-state index in [0.29, 0.717) is 5.75 Å². The topological polar surface area (TPSA) is 96.7 Å². The number of nitrogens with zero attached hydrogens (tertiary/aromatic N) is 2. The maximum absolute atomic E-state index is 12.6. The molecule has 160 valence electrons. The highest BCUT2D eigenvalue weighted by molar-refractivity contribution is 5.97. The van der Waals surface area contributed by atoms with Crippen LogP contribution in [0.1, 0.15) is 32.6 Å². The van der Waals surface area contributed by atoms with Gasteiger partial charge in [0.1, 0.15) is 11.8 Å². The number of non-ortho nitro benzene ring substituents is 1. The average Bonchev–Trinajstić information content (AvgIpc) is 3.03. The van der Waals surface area contributed by atoms with Gasteiger partial charge in [-0.25, -0.2) is 0 Å². The molecule has 1 atom stereocenters. The number of nitro benzene ring substituents is 1. The standard InChI is InChI=1S/C22H28N4O4/c1-16(22(27)24-20-15-19(26(28)29)11-12-21(20)30-2)23-17-7-9-18(10-8-17)25-13-5-3-4-6-14-25/h7-12,15-16,23H,3-6,13-14H2,1-2H3,(H,24,27)/t16-/m1/s1. The van der Waals surface area contributed by atoms with Crippen LogP contribution in [0.2, 0.25) is 0 Å². The fourth-order valence-electron chi connectivity index (χ4n) is 3.56. The lowest BCUT2D eigenvalue weighted by atomic mass is 10.2. The Balaban J connectivity index is 1.63. The Kier molecular flexibility index (Phi) is 7.11. The Labute approximate surface area is 176 Å². The molecule has 1 aliphatic heterocycles. The highest BCUT2D eigenvalue weighted by Crippen LogP contribution is 2.29. The number of hydrogen-bond acceptors (Lipinski definition) is 6. The summed E-state index contributed by atoms with van der Waals surface area (Å²) in [6.07, 6.45) is 5.02. The second kappa shape index (κ2) is 9.96. The summed E-state index contributed by atoms with van der Waals surface area (Å²) in [6, 6.07) is 11.6. The first-order valence-electron chi connectivity index (χ1n) is 10.2. The van der Waals surface area contributed by atoms with Gasteiger partial charge in [0.25, 0.3) is 5.69 Å². The summed E-state index contributed by atoms with van der Waals surface area (Å²) in [5.74, 6) is 0.0494. The molecule has 0 saturated carbocycles. The summed E-state index contributed by atoms with van der Waals surface area (Å²) < 4.78 is 5.20. The van der Waals surface area contributed by atoms with Crippen molar-refractivity contribution in [2.75, 3.05) is 35.7 Å². The van der Waals surface area contributed by atoms with Gasteiger partial charge in [-0.05, 0) is 50.1 Å². The van der Waals surface area contributed by atoms with E-state index in [-0.39, 0.29) is 17.3 Å². The number of nitrogens with one attached hydrogen (secondary N) is 2. The van der Waals surface area contributed by atoms with Crippen LogP contribution in [0, 0.1) is 10.1 Å². The largest absolute Gasteiger partial charge is 0.495 e. The summed E-state index contributed by atoms with van der Waals surface area (Å²) >= 11 is 0. The molecule has 1 fully saturated rings. The molecule has 3 rings (SSSR count). The number of hydrogen-bond donors (Lipinski definition) is 2. The Hall–Kier alpha value is -3.29. The van der Waals surface area contributed by atoms with Crippen molar-refractivity contribution in [1.82, 2.24) is 0 Å². The zero-order valence-electron chi connectivity index (χ0n) is 17.4. The van der Waals surface area contributed by atoms with Crippen LogP contribution < -0.4 is 20.3 Å². The number of carbonyl (C=O) groups is 1. The molecule has 1 heterocycles. The molecule has 2 aromatic rings. The van der Waals surface area contributed by atoms with Crippen LogP contribution in [-0.2, 0) is 4.79 Å². The van der Waals surface area contributed by atoms with Gasteiger partial charge in [0.2, 0.25) is 5.91 Å². The van der Waals surface area contributed by atoms with Crippen molar-refractivity contribution in [2.45, 2.75) is 38.6 Å². The van der Waals surface area contributed by atoms with E-state index in [1.807, 2.05) is 12.1 Å². The Morgan fingerprint density at radius 1 is 1.10 bits per heavy atom. The lowest BCUT2D eigenvalue weighted by molar-refractivity contribution is -0.384. The van der Waals surface area contributed by atoms with Crippen LogP contribution >= 0.6 is 0 Å². The minimum atomic E-state index is -0.544. The molecule has 0 aromatic heterocycles. The highest BCUT2D eigenvalue weighted by Gasteiger charge is 2.18. The normalized spacial score (nSPS) is 15.1. The van der Waals surface area contributed by atoms with E-state index in [4.69, 9.17) is 4.74 Å². The molecular weight excluding hydrogens is 384 g/mol. The van der Waals surface area contributed by atoms with Crippen molar-refractivity contribution < 1.29 is 14.5 Å². The minimum Gasteiger partial charge on any atom is -0.495 e. The molecule has 30 heavy (non-hydrogen) atoms. The quantitative estimate of drug-likeness (QED) is 0.516. The van der Waals surface area contributed by atoms with Gasteiger partial charge in [-0.2, -0.15) is 0 Å². The smallest absolute Gasteiger partial charge is 0.271 e. The third-order valence-electron chi connectivity index (χ3n) is 5.27. The van der Waals surface area contributed by atoms with E-state index < -0.39 is 11.0 Å². The molecule has 0 unspecified atom stereocenters. The molecule has 1 saturated heterocycles. The Morgan fingerprint density at radius 2 is 1.77 bits per heavy atom. The van der Waals surface area contributed by atoms with Gasteiger partial charge in [-0.15, -0.1) is 0 Å². The van der Waals surface area contributed by atoms with Crippen LogP contribution in [0.3, 0.4) is 0 Å². The summed E-state index contributed by atoms with van der Waals surface area (Å²) in [6.45, 7) is 3.90. The SMILES string of the molecule is COc1ccc([N+](=O)[O-])cc1NC(=O)[C@@H](C)Nc1ccc(N2CCCCCC2)cc1. The van der Waals surface area contributed by atoms with Crippen molar-refractivity contribution >= 4 is 28.7 Å². The number of benzene rings is 2. The van der Waals surface area contributed by atoms with Gasteiger partial charge in [-0.3, -0.25) is 14.9 Å². The lowest BCUT2D eigenvalue weighted by Crippen LogP contribution is -2.32. The molecule has 2 aromatic carbocycles. The number of anilines is 3. The van der Waals surface area contributed by atoms with Crippen molar-refractivity contribution in [3.8, 4) is 5.75 Å². The molecule has 0 bridgehead atoms. The van der Waals surface area contributed by atoms with E-state index >= 15 is 0 Å². The molecular formula is C22H28N4O4. The van der Waals surface area contributed by atoms with Gasteiger partial charge in [-0.1, -0.05) is 12.8 Å². The number of amides is 1. The van der Waals surface area contributed by atoms with Crippen molar-refractivity contribution in [3.05, 3.63) is 52.6 Å². The van der Waals surface area contributed by atoms with Crippen LogP contribution in [0.25, 0.3) is 0 Å². The van der Waals surface area contributed by atoms with E-state index in [1.54, 1.807) is 6.92 Å². The molecule has 8 heteroatoms. The third-order valence-corrected chi connectivity index (χ3v) is 5.27. The Bertz CT molecular complexity index is 877. The summed E-state index contributed by atoms with van der Waals surface area (Å²) in [4.78, 5) is 25.5. The molecule has 2 N–H and O–H groups in total. The van der Waals surface area contributed by atoms with E-state index in [9.17, 15) is 14.9 Å². The lowest BCUT2D eigenvalue weighted by Gasteiger charge is -2.23. The molecule has 0 spiro atoms. The number of rotatable bonds is 7. The highest BCUT2D eigenvalue weighted by atomic mass is 16.6. The van der Waals surface area contributed by atoms with Crippen LogP contribution in [-0.4, -0.2) is 37.1 Å². The number of nitro groups is 1. The predicted octanol–water partition coefficient (Wildman–Crippen LogP) is 4.42. The second-order valence-electron chi connectivity index (χ2n) is 7.45. The monoisotopic (exact) mass is 412 g/mol. The first-order chi connectivity index (χ1) is 14.5. The Morgan fingerprint density at radius 3 is 2.37 bits per heavy atom. The van der Waals surface area contributed by atoms with Crippen molar-refractivity contribution in [1.29, 1.82) is 0 Å². The van der Waals surface area contributed by atoms with Gasteiger partial charge in [0, 0.05) is 36.6 Å². The van der Waals surface area contributed by atoms with Crippen molar-refractivity contribution in [2.24, 2.45) is 0 Å². The number of methoxy groups -OCH3 is 1. The predicted molar refractivity (Wildman–Crippen MR) is 118 cm³/mol. The molecule has 1 amide bonds. The fourth-order valence-corrected chi connectivity index (χ4v) is 3.56. The zero-order valence-corrected chi connectivity index (χ0v) is 17.4. The molecule has 0 aliphatic carbocycles. The van der Waals surface area contributed by atoms with E-state index in [2.05, 4.69) is 27.7 Å². The average molecular weight is 412 g/mol. The van der Waals surface area contributed by atoms with E-state index in [1.165, 1.54) is 56.7 Å². The molecule has 0 radical (unpaired) electrons. The van der Waals surface area contributed by atoms with Gasteiger partial charge < -0.3 is 20.3 Å². The zero-order chi connectivity index (χ0) is 21.5. The summed E-state index contributed by atoms with van der Waals surface area (Å²) in [5, 5.41) is 16.9. The van der Waals surface area contributed by atoms with E-state index in [0.717, 1.165) is 18.8 Å². The first-order valence-corrected chi connectivity index (χ1v) is 10.2. The van der Waals surface area contributed by atoms with Crippen LogP contribution in [0.5, 0.6) is 5.75 Å². The van der Waals surface area contributed by atoms with Crippen molar-refractivity contribution in [3.63, 3.8) is 0 Å². The second-order valence-corrected chi connectivity index (χ2v) is 7.45. The molecule has 1 aliphatic rings.